The van der Waals surface area contributed by atoms with Gasteiger partial charge in [0.1, 0.15) is 0 Å². The third kappa shape index (κ3) is 4.36. The fourth-order valence-electron chi connectivity index (χ4n) is 4.64. The van der Waals surface area contributed by atoms with Crippen molar-refractivity contribution in [3.05, 3.63) is 46.8 Å². The minimum Gasteiger partial charge on any atom is -0.334 e. The van der Waals surface area contributed by atoms with Gasteiger partial charge in [0, 0.05) is 23.8 Å². The number of piperidine rings is 1. The maximum atomic E-state index is 13.6. The molecule has 1 aromatic heterocycles. The van der Waals surface area contributed by atoms with Crippen molar-refractivity contribution in [2.24, 2.45) is 0 Å². The smallest absolute Gasteiger partial charge is 0.274 e. The van der Waals surface area contributed by atoms with Crippen LogP contribution in [0, 0.1) is 0 Å². The predicted molar refractivity (Wildman–Crippen MR) is 119 cm³/mol. The van der Waals surface area contributed by atoms with Crippen molar-refractivity contribution >= 4 is 18.3 Å². The van der Waals surface area contributed by atoms with E-state index in [1.165, 1.54) is 16.8 Å². The van der Waals surface area contributed by atoms with Gasteiger partial charge >= 0.3 is 0 Å². The van der Waals surface area contributed by atoms with Crippen LogP contribution in [-0.4, -0.2) is 46.3 Å². The van der Waals surface area contributed by atoms with E-state index in [1.54, 1.807) is 0 Å². The number of aryl methyl sites for hydroxylation is 1. The third-order valence-electron chi connectivity index (χ3n) is 6.20. The minimum absolute atomic E-state index is 0. The van der Waals surface area contributed by atoms with Crippen molar-refractivity contribution in [2.75, 3.05) is 19.6 Å². The average molecular weight is 417 g/mol. The zero-order valence-corrected chi connectivity index (χ0v) is 18.4. The van der Waals surface area contributed by atoms with Gasteiger partial charge in [-0.05, 0) is 75.7 Å². The van der Waals surface area contributed by atoms with E-state index in [-0.39, 0.29) is 18.3 Å². The van der Waals surface area contributed by atoms with Crippen LogP contribution in [0.3, 0.4) is 0 Å². The summed E-state index contributed by atoms with van der Waals surface area (Å²) >= 11 is 0. The van der Waals surface area contributed by atoms with Gasteiger partial charge in [-0.2, -0.15) is 5.10 Å². The van der Waals surface area contributed by atoms with Crippen LogP contribution in [0.1, 0.15) is 66.8 Å². The van der Waals surface area contributed by atoms with Gasteiger partial charge in [0.05, 0.1) is 5.69 Å². The highest BCUT2D eigenvalue weighted by molar-refractivity contribution is 5.94. The molecule has 0 bridgehead atoms. The summed E-state index contributed by atoms with van der Waals surface area (Å²) in [5, 5.41) is 8.27. The number of nitrogens with one attached hydrogen (secondary N) is 1. The van der Waals surface area contributed by atoms with Gasteiger partial charge in [-0.1, -0.05) is 26.0 Å². The molecule has 1 aliphatic carbocycles. The lowest BCUT2D eigenvalue weighted by Gasteiger charge is -2.34. The second kappa shape index (κ2) is 9.77. The maximum absolute atomic E-state index is 13.6. The summed E-state index contributed by atoms with van der Waals surface area (Å²) in [6.07, 6.45) is 7.17. The summed E-state index contributed by atoms with van der Waals surface area (Å²) in [5.41, 5.74) is 5.50. The van der Waals surface area contributed by atoms with Crippen LogP contribution >= 0.6 is 12.4 Å². The molecule has 6 heteroatoms. The molecule has 4 rings (SSSR count). The molecule has 0 saturated carbocycles. The lowest BCUT2D eigenvalue weighted by molar-refractivity contribution is 0.0635. The fourth-order valence-corrected chi connectivity index (χ4v) is 4.64. The molecule has 2 aliphatic rings. The Morgan fingerprint density at radius 3 is 2.55 bits per heavy atom. The number of benzene rings is 1. The van der Waals surface area contributed by atoms with E-state index in [0.717, 1.165) is 70.3 Å². The molecule has 1 fully saturated rings. The normalized spacial score (nSPS) is 16.3. The summed E-state index contributed by atoms with van der Waals surface area (Å²) < 4.78 is 2.03. The zero-order chi connectivity index (χ0) is 19.5. The van der Waals surface area contributed by atoms with Gasteiger partial charge in [0.2, 0.25) is 0 Å². The lowest BCUT2D eigenvalue weighted by Crippen LogP contribution is -2.46. The molecule has 2 aromatic rings. The van der Waals surface area contributed by atoms with Gasteiger partial charge in [-0.15, -0.1) is 12.4 Å². The fraction of sp³-hybridized carbons (Fsp3) is 0.565. The van der Waals surface area contributed by atoms with Crippen LogP contribution in [0.2, 0.25) is 0 Å². The van der Waals surface area contributed by atoms with Gasteiger partial charge in [-0.3, -0.25) is 4.79 Å². The molecular weight excluding hydrogens is 384 g/mol. The minimum atomic E-state index is 0. The molecule has 0 unspecified atom stereocenters. The second-order valence-electron chi connectivity index (χ2n) is 8.04. The molecule has 158 valence electrons. The number of carbonyl (C=O) groups is 1. The summed E-state index contributed by atoms with van der Waals surface area (Å²) in [5.74, 6) is 0.135. The molecule has 2 heterocycles. The largest absolute Gasteiger partial charge is 0.334 e. The Bertz CT molecular complexity index is 824. The van der Waals surface area contributed by atoms with Crippen LogP contribution < -0.4 is 5.32 Å². The van der Waals surface area contributed by atoms with E-state index in [0.29, 0.717) is 11.7 Å². The first-order valence-corrected chi connectivity index (χ1v) is 10.9. The molecule has 1 aliphatic heterocycles. The molecule has 5 nitrogen and oxygen atoms in total. The van der Waals surface area contributed by atoms with E-state index >= 15 is 0 Å². The number of hydrogen-bond acceptors (Lipinski definition) is 3. The van der Waals surface area contributed by atoms with Gasteiger partial charge < -0.3 is 10.2 Å². The molecule has 1 N–H and O–H groups in total. The van der Waals surface area contributed by atoms with E-state index in [1.807, 2.05) is 4.68 Å². The van der Waals surface area contributed by atoms with Crippen molar-refractivity contribution in [3.63, 3.8) is 0 Å². The number of amides is 1. The topological polar surface area (TPSA) is 50.2 Å². The molecule has 1 amide bonds. The number of hydrogen-bond donors (Lipinski definition) is 1. The van der Waals surface area contributed by atoms with E-state index in [9.17, 15) is 4.79 Å². The third-order valence-corrected chi connectivity index (χ3v) is 6.20. The first-order valence-electron chi connectivity index (χ1n) is 10.9. The highest BCUT2D eigenvalue weighted by Gasteiger charge is 2.32. The summed E-state index contributed by atoms with van der Waals surface area (Å²) in [4.78, 5) is 15.7. The number of halogens is 1. The molecular formula is C23H33ClN4O. The van der Waals surface area contributed by atoms with E-state index in [2.05, 4.69) is 48.3 Å². The van der Waals surface area contributed by atoms with Crippen molar-refractivity contribution in [1.82, 2.24) is 20.0 Å². The number of fused-ring (bicyclic) bond motifs is 1. The maximum Gasteiger partial charge on any atom is 0.274 e. The summed E-state index contributed by atoms with van der Waals surface area (Å²) in [7, 11) is 0. The first kappa shape index (κ1) is 21.8. The van der Waals surface area contributed by atoms with Crippen molar-refractivity contribution in [1.29, 1.82) is 0 Å². The number of aromatic nitrogens is 2. The van der Waals surface area contributed by atoms with E-state index in [4.69, 9.17) is 5.10 Å². The highest BCUT2D eigenvalue weighted by Crippen LogP contribution is 2.29. The Labute approximate surface area is 180 Å². The molecule has 0 radical (unpaired) electrons. The monoisotopic (exact) mass is 416 g/mol. The average Bonchev–Trinajstić information content (AvgIpc) is 3.35. The molecule has 1 saturated heterocycles. The first-order chi connectivity index (χ1) is 13.7. The Morgan fingerprint density at radius 1 is 1.17 bits per heavy atom. The highest BCUT2D eigenvalue weighted by atomic mass is 35.5. The van der Waals surface area contributed by atoms with Gasteiger partial charge in [-0.25, -0.2) is 4.68 Å². The SMILES string of the molecule is CCCN(C(=O)c1nn(-c2ccc(CC)cc2)c2c1CCC2)C1CCNCC1.Cl. The Morgan fingerprint density at radius 2 is 1.90 bits per heavy atom. The molecule has 29 heavy (non-hydrogen) atoms. The lowest BCUT2D eigenvalue weighted by atomic mass is 10.0. The quantitative estimate of drug-likeness (QED) is 0.775. The number of carbonyl (C=O) groups excluding carboxylic acids is 1. The number of nitrogens with zero attached hydrogens (tertiary/aromatic N) is 3. The Kier molecular flexibility index (Phi) is 7.36. The molecule has 0 atom stereocenters. The van der Waals surface area contributed by atoms with Crippen LogP contribution in [0.5, 0.6) is 0 Å². The summed E-state index contributed by atoms with van der Waals surface area (Å²) in [6.45, 7) is 7.12. The Hall–Kier alpha value is -1.85. The van der Waals surface area contributed by atoms with Crippen molar-refractivity contribution in [2.45, 2.75) is 64.8 Å². The second-order valence-corrected chi connectivity index (χ2v) is 8.04. The van der Waals surface area contributed by atoms with Crippen LogP contribution in [0.25, 0.3) is 5.69 Å². The zero-order valence-electron chi connectivity index (χ0n) is 17.6. The van der Waals surface area contributed by atoms with Crippen LogP contribution in [-0.2, 0) is 19.3 Å². The van der Waals surface area contributed by atoms with Crippen molar-refractivity contribution < 1.29 is 4.79 Å². The Balaban J connectivity index is 0.00000240. The van der Waals surface area contributed by atoms with Crippen molar-refractivity contribution in [3.8, 4) is 5.69 Å². The van der Waals surface area contributed by atoms with Crippen LogP contribution in [0.4, 0.5) is 0 Å². The standard InChI is InChI=1S/C23H32N4O.ClH/c1-3-16-26(18-12-14-24-15-13-18)23(28)22-20-6-5-7-21(20)27(25-22)19-10-8-17(4-2)9-11-19;/h8-11,18,24H,3-7,12-16H2,1-2H3;1H. The van der Waals surface area contributed by atoms with Gasteiger partial charge in [0.15, 0.2) is 5.69 Å². The number of rotatable bonds is 6. The van der Waals surface area contributed by atoms with E-state index < -0.39 is 0 Å². The summed E-state index contributed by atoms with van der Waals surface area (Å²) in [6, 6.07) is 8.93. The van der Waals surface area contributed by atoms with Crippen LogP contribution in [0.15, 0.2) is 24.3 Å². The molecule has 1 aromatic carbocycles. The molecule has 0 spiro atoms. The van der Waals surface area contributed by atoms with Gasteiger partial charge in [0.25, 0.3) is 5.91 Å². The predicted octanol–water partition coefficient (Wildman–Crippen LogP) is 3.95.